The minimum Gasteiger partial charge on any atom is -0.274 e. The fourth-order valence-electron chi connectivity index (χ4n) is 2.37. The minimum absolute atomic E-state index is 0.122. The molecule has 1 amide bonds. The van der Waals surface area contributed by atoms with Crippen LogP contribution in [-0.4, -0.2) is 19.1 Å². The van der Waals surface area contributed by atoms with Crippen LogP contribution in [0.3, 0.4) is 0 Å². The van der Waals surface area contributed by atoms with E-state index in [9.17, 15) is 13.2 Å². The molecule has 1 unspecified atom stereocenters. The van der Waals surface area contributed by atoms with Crippen LogP contribution in [0.1, 0.15) is 39.0 Å². The smallest absolute Gasteiger partial charge is 0.240 e. The van der Waals surface area contributed by atoms with Crippen LogP contribution in [0.5, 0.6) is 0 Å². The molecule has 0 aromatic carbocycles. The van der Waals surface area contributed by atoms with Gasteiger partial charge < -0.3 is 0 Å². The van der Waals surface area contributed by atoms with Gasteiger partial charge in [0.25, 0.3) is 0 Å². The van der Waals surface area contributed by atoms with E-state index in [0.717, 1.165) is 19.3 Å². The van der Waals surface area contributed by atoms with Gasteiger partial charge in [0.1, 0.15) is 0 Å². The van der Waals surface area contributed by atoms with Crippen LogP contribution in [0.4, 0.5) is 0 Å². The van der Waals surface area contributed by atoms with E-state index < -0.39 is 14.8 Å². The zero-order valence-corrected chi connectivity index (χ0v) is 10.9. The van der Waals surface area contributed by atoms with Gasteiger partial charge in [-0.05, 0) is 38.5 Å². The van der Waals surface area contributed by atoms with Gasteiger partial charge in [0.2, 0.25) is 15.9 Å². The normalized spacial score (nSPS) is 30.9. The summed E-state index contributed by atoms with van der Waals surface area (Å²) in [5, 5.41) is 0. The number of rotatable bonds is 4. The third kappa shape index (κ3) is 2.25. The average Bonchev–Trinajstić information content (AvgIpc) is 2.84. The predicted octanol–water partition coefficient (Wildman–Crippen LogP) is 1.59. The van der Waals surface area contributed by atoms with Crippen molar-refractivity contribution in [1.82, 2.24) is 4.72 Å². The summed E-state index contributed by atoms with van der Waals surface area (Å²) in [5.74, 6) is -0.442. The van der Waals surface area contributed by atoms with Gasteiger partial charge >= 0.3 is 0 Å². The Labute approximate surface area is 103 Å². The van der Waals surface area contributed by atoms with Crippen molar-refractivity contribution in [1.29, 1.82) is 0 Å². The highest BCUT2D eigenvalue weighted by Gasteiger charge is 2.51. The Hall–Kier alpha value is -0.840. The molecule has 2 saturated carbocycles. The molecule has 17 heavy (non-hydrogen) atoms. The first kappa shape index (κ1) is 12.6. The molecule has 2 aliphatic carbocycles. The molecular formula is C12H19NO3S. The maximum absolute atomic E-state index is 12.0. The third-order valence-corrected chi connectivity index (χ3v) is 6.22. The zero-order chi connectivity index (χ0) is 12.7. The first-order valence-corrected chi connectivity index (χ1v) is 7.57. The molecule has 2 atom stereocenters. The molecule has 0 radical (unpaired) electrons. The van der Waals surface area contributed by atoms with Crippen LogP contribution in [0.2, 0.25) is 0 Å². The summed E-state index contributed by atoms with van der Waals surface area (Å²) in [4.78, 5) is 12.0. The Balaban J connectivity index is 2.04. The Morgan fingerprint density at radius 2 is 2.06 bits per heavy atom. The fraction of sp³-hybridized carbons (Fsp3) is 0.750. The van der Waals surface area contributed by atoms with E-state index in [1.54, 1.807) is 13.0 Å². The van der Waals surface area contributed by atoms with Crippen LogP contribution in [0, 0.1) is 11.8 Å². The van der Waals surface area contributed by atoms with Gasteiger partial charge in [-0.25, -0.2) is 8.42 Å². The predicted molar refractivity (Wildman–Crippen MR) is 65.7 cm³/mol. The number of carbonyl (C=O) groups is 1. The van der Waals surface area contributed by atoms with Crippen molar-refractivity contribution in [2.24, 2.45) is 11.8 Å². The molecule has 0 aliphatic heterocycles. The number of hydrogen-bond donors (Lipinski definition) is 1. The Kier molecular flexibility index (Phi) is 3.06. The molecule has 0 bridgehead atoms. The van der Waals surface area contributed by atoms with Crippen molar-refractivity contribution in [3.8, 4) is 0 Å². The first-order valence-electron chi connectivity index (χ1n) is 6.08. The molecule has 0 aromatic heterocycles. The molecule has 0 spiro atoms. The van der Waals surface area contributed by atoms with E-state index in [0.29, 0.717) is 12.8 Å². The first-order chi connectivity index (χ1) is 7.89. The van der Waals surface area contributed by atoms with E-state index in [1.807, 2.05) is 0 Å². The summed E-state index contributed by atoms with van der Waals surface area (Å²) in [7, 11) is -3.49. The molecule has 5 heteroatoms. The SMILES string of the molecule is C=C[C@@H]1CCCC1C(=O)NS(=O)(=O)C1(C)CC1. The lowest BCUT2D eigenvalue weighted by Crippen LogP contribution is -2.42. The molecule has 96 valence electrons. The highest BCUT2D eigenvalue weighted by atomic mass is 32.2. The molecule has 2 aliphatic rings. The summed E-state index contributed by atoms with van der Waals surface area (Å²) < 4.78 is 25.4. The molecule has 4 nitrogen and oxygen atoms in total. The number of hydrogen-bond acceptors (Lipinski definition) is 3. The Morgan fingerprint density at radius 3 is 2.59 bits per heavy atom. The van der Waals surface area contributed by atoms with Crippen LogP contribution in [0.25, 0.3) is 0 Å². The van der Waals surface area contributed by atoms with Gasteiger partial charge in [0, 0.05) is 5.92 Å². The van der Waals surface area contributed by atoms with Crippen LogP contribution in [0.15, 0.2) is 12.7 Å². The summed E-state index contributed by atoms with van der Waals surface area (Å²) >= 11 is 0. The number of nitrogens with one attached hydrogen (secondary N) is 1. The maximum Gasteiger partial charge on any atom is 0.240 e. The fourth-order valence-corrected chi connectivity index (χ4v) is 3.67. The van der Waals surface area contributed by atoms with Gasteiger partial charge in [-0.2, -0.15) is 0 Å². The monoisotopic (exact) mass is 257 g/mol. The quantitative estimate of drug-likeness (QED) is 0.778. The summed E-state index contributed by atoms with van der Waals surface area (Å²) in [6.45, 7) is 5.39. The minimum atomic E-state index is -3.49. The molecule has 0 heterocycles. The van der Waals surface area contributed by atoms with Crippen molar-refractivity contribution >= 4 is 15.9 Å². The molecular weight excluding hydrogens is 238 g/mol. The molecule has 0 saturated heterocycles. The lowest BCUT2D eigenvalue weighted by atomic mass is 9.96. The maximum atomic E-state index is 12.0. The third-order valence-electron chi connectivity index (χ3n) is 4.05. The van der Waals surface area contributed by atoms with Crippen molar-refractivity contribution in [2.75, 3.05) is 0 Å². The van der Waals surface area contributed by atoms with Crippen molar-refractivity contribution in [2.45, 2.75) is 43.8 Å². The Morgan fingerprint density at radius 1 is 1.41 bits per heavy atom. The second-order valence-corrected chi connectivity index (χ2v) is 7.55. The van der Waals surface area contributed by atoms with E-state index >= 15 is 0 Å². The molecule has 1 N–H and O–H groups in total. The highest BCUT2D eigenvalue weighted by Crippen LogP contribution is 2.42. The second kappa shape index (κ2) is 4.12. The van der Waals surface area contributed by atoms with Gasteiger partial charge in [-0.15, -0.1) is 6.58 Å². The van der Waals surface area contributed by atoms with E-state index in [-0.39, 0.29) is 17.7 Å². The number of sulfonamides is 1. The van der Waals surface area contributed by atoms with E-state index in [1.165, 1.54) is 0 Å². The van der Waals surface area contributed by atoms with Crippen molar-refractivity contribution < 1.29 is 13.2 Å². The number of carbonyl (C=O) groups excluding carboxylic acids is 1. The van der Waals surface area contributed by atoms with Crippen molar-refractivity contribution in [3.63, 3.8) is 0 Å². The highest BCUT2D eigenvalue weighted by molar-refractivity contribution is 7.91. The molecule has 0 aromatic rings. The van der Waals surface area contributed by atoms with Gasteiger partial charge in [0.15, 0.2) is 0 Å². The standard InChI is InChI=1S/C12H19NO3S/c1-3-9-5-4-6-10(9)11(14)13-17(15,16)12(2)7-8-12/h3,9-10H,1,4-8H2,2H3,(H,13,14)/t9-,10?/m1/s1. The molecule has 2 fully saturated rings. The van der Waals surface area contributed by atoms with Crippen LogP contribution >= 0.6 is 0 Å². The Bertz CT molecular complexity index is 437. The largest absolute Gasteiger partial charge is 0.274 e. The summed E-state index contributed by atoms with van der Waals surface area (Å²) in [5.41, 5.74) is 0. The van der Waals surface area contributed by atoms with Crippen molar-refractivity contribution in [3.05, 3.63) is 12.7 Å². The average molecular weight is 257 g/mol. The van der Waals surface area contributed by atoms with E-state index in [4.69, 9.17) is 0 Å². The van der Waals surface area contributed by atoms with Gasteiger partial charge in [-0.3, -0.25) is 9.52 Å². The number of amides is 1. The second-order valence-electron chi connectivity index (χ2n) is 5.36. The van der Waals surface area contributed by atoms with E-state index in [2.05, 4.69) is 11.3 Å². The zero-order valence-electron chi connectivity index (χ0n) is 10.1. The summed E-state index contributed by atoms with van der Waals surface area (Å²) in [6.07, 6.45) is 5.71. The van der Waals surface area contributed by atoms with Gasteiger partial charge in [-0.1, -0.05) is 12.5 Å². The lowest BCUT2D eigenvalue weighted by molar-refractivity contribution is -0.123. The van der Waals surface area contributed by atoms with Gasteiger partial charge in [0.05, 0.1) is 4.75 Å². The number of allylic oxidation sites excluding steroid dienone is 1. The topological polar surface area (TPSA) is 63.2 Å². The van der Waals surface area contributed by atoms with Crippen LogP contribution in [-0.2, 0) is 14.8 Å². The lowest BCUT2D eigenvalue weighted by Gasteiger charge is -2.18. The van der Waals surface area contributed by atoms with Crippen LogP contribution < -0.4 is 4.72 Å². The molecule has 2 rings (SSSR count). The summed E-state index contributed by atoms with van der Waals surface area (Å²) in [6, 6.07) is 0.